The summed E-state index contributed by atoms with van der Waals surface area (Å²) in [6, 6.07) is 17.7. The van der Waals surface area contributed by atoms with Crippen LogP contribution >= 0.6 is 11.3 Å². The van der Waals surface area contributed by atoms with Crippen molar-refractivity contribution < 1.29 is 29.1 Å². The van der Waals surface area contributed by atoms with E-state index in [9.17, 15) is 19.8 Å². The summed E-state index contributed by atoms with van der Waals surface area (Å²) >= 11 is 1.59. The molecule has 62 heavy (non-hydrogen) atoms. The number of amides is 2. The van der Waals surface area contributed by atoms with Crippen LogP contribution in [0.3, 0.4) is 0 Å². The largest absolute Gasteiger partial charge is 0.507 e. The van der Waals surface area contributed by atoms with Gasteiger partial charge < -0.3 is 40.3 Å². The maximum absolute atomic E-state index is 14.2. The molecule has 2 amide bonds. The van der Waals surface area contributed by atoms with Crippen LogP contribution in [0.1, 0.15) is 87.9 Å². The number of ether oxygens (including phenoxy) is 1. The number of hydrogen-bond donors (Lipinski definition) is 4. The number of aryl methyl sites for hydroxylation is 1. The number of likely N-dealkylation sites (tertiary alicyclic amines) is 2. The molecule has 8 rings (SSSR count). The van der Waals surface area contributed by atoms with Crippen molar-refractivity contribution in [3.8, 4) is 33.3 Å². The number of rotatable bonds is 15. The zero-order valence-corrected chi connectivity index (χ0v) is 36.3. The third kappa shape index (κ3) is 9.15. The van der Waals surface area contributed by atoms with Crippen molar-refractivity contribution in [2.24, 2.45) is 5.92 Å². The van der Waals surface area contributed by atoms with Gasteiger partial charge in [-0.15, -0.1) is 21.5 Å². The van der Waals surface area contributed by atoms with Gasteiger partial charge in [-0.3, -0.25) is 14.3 Å². The summed E-state index contributed by atoms with van der Waals surface area (Å²) in [4.78, 5) is 37.2. The number of aromatic hydroxyl groups is 1. The lowest BCUT2D eigenvalue weighted by atomic mass is 9.91. The van der Waals surface area contributed by atoms with E-state index in [4.69, 9.17) is 15.0 Å². The lowest BCUT2D eigenvalue weighted by molar-refractivity contribution is -0.141. The van der Waals surface area contributed by atoms with Crippen molar-refractivity contribution in [1.29, 1.82) is 0 Å². The molecule has 0 aliphatic carbocycles. The number of unbranched alkanes of at least 4 members (excludes halogenated alkanes) is 1. The molecule has 2 aromatic carbocycles. The van der Waals surface area contributed by atoms with Crippen LogP contribution in [0, 0.1) is 12.8 Å². The lowest BCUT2D eigenvalue weighted by Gasteiger charge is -2.32. The molecule has 0 bridgehead atoms. The van der Waals surface area contributed by atoms with E-state index in [-0.39, 0.29) is 48.5 Å². The summed E-state index contributed by atoms with van der Waals surface area (Å²) in [5.41, 5.74) is 13.6. The summed E-state index contributed by atoms with van der Waals surface area (Å²) < 4.78 is 13.6. The number of nitrogen functional groups attached to an aromatic ring is 1. The number of nitrogens with two attached hydrogens (primary N) is 1. The van der Waals surface area contributed by atoms with Gasteiger partial charge in [0, 0.05) is 37.7 Å². The minimum Gasteiger partial charge on any atom is -0.507 e. The second-order valence-electron chi connectivity index (χ2n) is 16.7. The first kappa shape index (κ1) is 42.8. The van der Waals surface area contributed by atoms with Crippen LogP contribution in [0.15, 0.2) is 70.7 Å². The number of β-amino-alcohol motifs (C(OH)–C–C–N with tert-alkyl or cyclic N) is 1. The average Bonchev–Trinajstić information content (AvgIpc) is 4.08. The number of benzene rings is 2. The van der Waals surface area contributed by atoms with Crippen LogP contribution in [0.5, 0.6) is 11.6 Å². The van der Waals surface area contributed by atoms with Gasteiger partial charge in [0.05, 0.1) is 52.1 Å². The number of phenols is 1. The molecular weight excluding hydrogens is 809 g/mol. The van der Waals surface area contributed by atoms with Crippen LogP contribution in [-0.2, 0) is 9.59 Å². The van der Waals surface area contributed by atoms with Crippen LogP contribution < -0.4 is 15.8 Å². The van der Waals surface area contributed by atoms with E-state index in [0.717, 1.165) is 72.5 Å². The van der Waals surface area contributed by atoms with Crippen molar-refractivity contribution >= 4 is 40.0 Å². The summed E-state index contributed by atoms with van der Waals surface area (Å²) in [6.07, 6.45) is 2.87. The van der Waals surface area contributed by atoms with E-state index in [2.05, 4.69) is 35.7 Å². The Morgan fingerprint density at radius 2 is 1.82 bits per heavy atom. The van der Waals surface area contributed by atoms with Crippen LogP contribution in [0.25, 0.3) is 32.7 Å². The number of carbonyl (C=O) groups is 2. The SMILES string of the molecule is Cc1ncsc1-c1ccc(C(C)NC(=O)[C@@H]2C[C@@H](O)CN2C(=O)C(c2cc(OCCCCN3CCC(n4nc(N)c5nnc(-c6ccccc6O)cc54)CC3)no2)C(C)C)cc1. The number of thiazole rings is 1. The number of nitrogens with zero attached hydrogens (tertiary/aromatic N) is 8. The maximum atomic E-state index is 14.2. The zero-order chi connectivity index (χ0) is 43.5. The molecule has 0 saturated carbocycles. The number of piperidine rings is 1. The molecule has 4 aromatic heterocycles. The first-order valence-electron chi connectivity index (χ1n) is 21.4. The van der Waals surface area contributed by atoms with Crippen molar-refractivity contribution in [2.75, 3.05) is 38.5 Å². The zero-order valence-electron chi connectivity index (χ0n) is 35.5. The van der Waals surface area contributed by atoms with Gasteiger partial charge >= 0.3 is 0 Å². The number of carbonyl (C=O) groups excluding carboxylic acids is 2. The Morgan fingerprint density at radius 1 is 1.05 bits per heavy atom. The molecule has 6 aromatic rings. The molecule has 17 heteroatoms. The number of hydrogen-bond acceptors (Lipinski definition) is 14. The third-order valence-corrected chi connectivity index (χ3v) is 13.0. The Labute approximate surface area is 364 Å². The smallest absolute Gasteiger partial charge is 0.254 e. The highest BCUT2D eigenvalue weighted by Crippen LogP contribution is 2.35. The maximum Gasteiger partial charge on any atom is 0.254 e. The number of anilines is 1. The summed E-state index contributed by atoms with van der Waals surface area (Å²) in [6.45, 7) is 11.0. The molecular formula is C45H54N10O6S. The number of aliphatic hydroxyl groups excluding tert-OH is 1. The van der Waals surface area contributed by atoms with E-state index in [0.29, 0.717) is 40.8 Å². The van der Waals surface area contributed by atoms with E-state index < -0.39 is 18.1 Å². The molecule has 2 saturated heterocycles. The van der Waals surface area contributed by atoms with Gasteiger partial charge in [0.1, 0.15) is 17.7 Å². The van der Waals surface area contributed by atoms with Crippen molar-refractivity contribution in [3.63, 3.8) is 0 Å². The quantitative estimate of drug-likeness (QED) is 0.0840. The van der Waals surface area contributed by atoms with Crippen molar-refractivity contribution in [3.05, 3.63) is 83.2 Å². The van der Waals surface area contributed by atoms with E-state index in [1.54, 1.807) is 29.5 Å². The van der Waals surface area contributed by atoms with Crippen LogP contribution in [-0.4, -0.2) is 107 Å². The minimum atomic E-state index is -0.826. The molecule has 2 fully saturated rings. The van der Waals surface area contributed by atoms with Gasteiger partial charge in [0.25, 0.3) is 5.88 Å². The Morgan fingerprint density at radius 3 is 2.55 bits per heavy atom. The standard InChI is InChI=1S/C45H54N10O6S/c1-26(2)40(45(59)54-24-32(56)21-36(54)44(58)48-27(3)29-11-13-30(14-12-29)42-28(4)47-25-62-42)38-23-39(52-61-38)60-20-8-7-17-53-18-15-31(16-19-53)55-35-22-34(33-9-5-6-10-37(33)57)49-50-41(35)43(46)51-55/h5-6,9-14,22-23,25-27,31-32,36,40,56-57H,7-8,15-21,24H2,1-4H3,(H2,46,51)(H,48,58)/t27?,32-,36+,40?/m1/s1. The summed E-state index contributed by atoms with van der Waals surface area (Å²) in [5, 5.41) is 41.5. The number of aromatic nitrogens is 6. The minimum absolute atomic E-state index is 0.0538. The fourth-order valence-corrected chi connectivity index (χ4v) is 9.47. The van der Waals surface area contributed by atoms with E-state index >= 15 is 0 Å². The lowest BCUT2D eigenvalue weighted by Crippen LogP contribution is -2.48. The van der Waals surface area contributed by atoms with Gasteiger partial charge in [-0.25, -0.2) is 4.98 Å². The number of fused-ring (bicyclic) bond motifs is 1. The first-order chi connectivity index (χ1) is 29.9. The molecule has 6 heterocycles. The highest BCUT2D eigenvalue weighted by atomic mass is 32.1. The average molecular weight is 863 g/mol. The highest BCUT2D eigenvalue weighted by Gasteiger charge is 2.43. The number of aliphatic hydroxyl groups is 1. The second kappa shape index (κ2) is 18.6. The first-order valence-corrected chi connectivity index (χ1v) is 22.2. The molecule has 4 atom stereocenters. The van der Waals surface area contributed by atoms with E-state index in [1.807, 2.05) is 80.4 Å². The van der Waals surface area contributed by atoms with E-state index in [1.165, 1.54) is 4.90 Å². The number of nitrogens with one attached hydrogen (secondary N) is 1. The summed E-state index contributed by atoms with van der Waals surface area (Å²) in [7, 11) is 0. The van der Waals surface area contributed by atoms with Crippen molar-refractivity contribution in [1.82, 2.24) is 45.2 Å². The predicted octanol–water partition coefficient (Wildman–Crippen LogP) is 6.28. The normalized spacial score (nSPS) is 18.4. The van der Waals surface area contributed by atoms with Crippen molar-refractivity contribution in [2.45, 2.75) is 89.9 Å². The molecule has 2 aliphatic heterocycles. The van der Waals surface area contributed by atoms with Crippen LogP contribution in [0.2, 0.25) is 0 Å². The summed E-state index contributed by atoms with van der Waals surface area (Å²) in [5.74, 6) is -0.347. The Hall–Kier alpha value is -5.91. The Bertz CT molecular complexity index is 2490. The fraction of sp³-hybridized carbons (Fsp3) is 0.444. The second-order valence-corrected chi connectivity index (χ2v) is 17.6. The predicted molar refractivity (Wildman–Crippen MR) is 235 cm³/mol. The van der Waals surface area contributed by atoms with Gasteiger partial charge in [-0.2, -0.15) is 5.10 Å². The molecule has 5 N–H and O–H groups in total. The monoisotopic (exact) mass is 862 g/mol. The molecule has 0 spiro atoms. The molecule has 0 radical (unpaired) electrons. The highest BCUT2D eigenvalue weighted by molar-refractivity contribution is 7.13. The van der Waals surface area contributed by atoms with Gasteiger partial charge in [0.15, 0.2) is 17.1 Å². The van der Waals surface area contributed by atoms with Gasteiger partial charge in [-0.05, 0) is 86.5 Å². The Kier molecular flexibility index (Phi) is 12.8. The molecule has 326 valence electrons. The Balaban J connectivity index is 0.804. The van der Waals surface area contributed by atoms with Gasteiger partial charge in [-0.1, -0.05) is 50.2 Å². The molecule has 2 unspecified atom stereocenters. The molecule has 16 nitrogen and oxygen atoms in total. The molecule has 2 aliphatic rings. The number of phenolic OH excluding ortho intramolecular Hbond substituents is 1. The fourth-order valence-electron chi connectivity index (χ4n) is 8.66. The van der Waals surface area contributed by atoms with Gasteiger partial charge in [0.2, 0.25) is 11.8 Å². The number of para-hydroxylation sites is 1. The topological polar surface area (TPSA) is 211 Å². The van der Waals surface area contributed by atoms with Crippen LogP contribution in [0.4, 0.5) is 5.82 Å². The third-order valence-electron chi connectivity index (χ3n) is 12.1.